The maximum Gasteiger partial charge on any atom is 0.0931 e. The molecule has 1 atom stereocenters. The van der Waals surface area contributed by atoms with Crippen LogP contribution in [0.4, 0.5) is 0 Å². The molecule has 2 aromatic heterocycles. The Balaban J connectivity index is 2.28. The summed E-state index contributed by atoms with van der Waals surface area (Å²) in [6, 6.07) is 7.90. The van der Waals surface area contributed by atoms with Crippen LogP contribution >= 0.6 is 34.3 Å². The van der Waals surface area contributed by atoms with Gasteiger partial charge in [-0.25, -0.2) is 0 Å². The standard InChI is InChI=1S/C9H8ClNS2/c10-8-4-3-7(13-8)9(11)6-2-1-5-12-6/h1-5,9H,11H2/t9-/m1/s1. The van der Waals surface area contributed by atoms with Gasteiger partial charge in [0, 0.05) is 9.75 Å². The highest BCUT2D eigenvalue weighted by Crippen LogP contribution is 2.31. The van der Waals surface area contributed by atoms with Crippen LogP contribution in [0.3, 0.4) is 0 Å². The van der Waals surface area contributed by atoms with E-state index < -0.39 is 0 Å². The number of rotatable bonds is 2. The van der Waals surface area contributed by atoms with Crippen LogP contribution in [0, 0.1) is 0 Å². The molecule has 0 radical (unpaired) electrons. The van der Waals surface area contributed by atoms with Crippen molar-refractivity contribution >= 4 is 34.3 Å². The monoisotopic (exact) mass is 229 g/mol. The fourth-order valence-corrected chi connectivity index (χ4v) is 3.00. The van der Waals surface area contributed by atoms with Crippen molar-refractivity contribution in [3.63, 3.8) is 0 Å². The Labute approximate surface area is 89.8 Å². The molecule has 0 aliphatic rings. The molecule has 0 aliphatic carbocycles. The van der Waals surface area contributed by atoms with E-state index in [1.807, 2.05) is 29.6 Å². The Kier molecular flexibility index (Phi) is 2.69. The predicted octanol–water partition coefficient (Wildman–Crippen LogP) is 3.51. The smallest absolute Gasteiger partial charge is 0.0931 e. The lowest BCUT2D eigenvalue weighted by atomic mass is 10.2. The molecule has 68 valence electrons. The molecule has 0 amide bonds. The van der Waals surface area contributed by atoms with Gasteiger partial charge in [-0.2, -0.15) is 0 Å². The zero-order chi connectivity index (χ0) is 9.26. The van der Waals surface area contributed by atoms with Gasteiger partial charge < -0.3 is 5.73 Å². The number of halogens is 1. The quantitative estimate of drug-likeness (QED) is 0.838. The Hall–Kier alpha value is -0.350. The summed E-state index contributed by atoms with van der Waals surface area (Å²) in [7, 11) is 0. The molecule has 0 aliphatic heterocycles. The van der Waals surface area contributed by atoms with Crippen LogP contribution in [0.25, 0.3) is 0 Å². The summed E-state index contributed by atoms with van der Waals surface area (Å²) in [5, 5.41) is 2.03. The Morgan fingerprint density at radius 3 is 2.62 bits per heavy atom. The van der Waals surface area contributed by atoms with Crippen molar-refractivity contribution in [1.29, 1.82) is 0 Å². The van der Waals surface area contributed by atoms with Crippen molar-refractivity contribution in [3.05, 3.63) is 43.7 Å². The van der Waals surface area contributed by atoms with Gasteiger partial charge in [0.15, 0.2) is 0 Å². The van der Waals surface area contributed by atoms with Gasteiger partial charge in [0.1, 0.15) is 0 Å². The zero-order valence-corrected chi connectivity index (χ0v) is 9.12. The lowest BCUT2D eigenvalue weighted by Gasteiger charge is -2.05. The van der Waals surface area contributed by atoms with E-state index in [0.29, 0.717) is 0 Å². The molecule has 13 heavy (non-hydrogen) atoms. The van der Waals surface area contributed by atoms with Crippen molar-refractivity contribution in [2.75, 3.05) is 0 Å². The van der Waals surface area contributed by atoms with Crippen molar-refractivity contribution in [2.45, 2.75) is 6.04 Å². The minimum Gasteiger partial charge on any atom is -0.319 e. The minimum atomic E-state index is -0.0162. The zero-order valence-electron chi connectivity index (χ0n) is 6.74. The topological polar surface area (TPSA) is 26.0 Å². The summed E-state index contributed by atoms with van der Waals surface area (Å²) in [4.78, 5) is 2.30. The Morgan fingerprint density at radius 2 is 2.08 bits per heavy atom. The number of nitrogens with two attached hydrogens (primary N) is 1. The third kappa shape index (κ3) is 1.94. The molecule has 2 aromatic rings. The van der Waals surface area contributed by atoms with Crippen LogP contribution in [-0.4, -0.2) is 0 Å². The third-order valence-electron chi connectivity index (χ3n) is 1.75. The van der Waals surface area contributed by atoms with E-state index in [1.54, 1.807) is 22.7 Å². The summed E-state index contributed by atoms with van der Waals surface area (Å²) >= 11 is 9.05. The molecule has 0 aromatic carbocycles. The summed E-state index contributed by atoms with van der Waals surface area (Å²) < 4.78 is 0.794. The maximum absolute atomic E-state index is 6.04. The van der Waals surface area contributed by atoms with Crippen LogP contribution in [-0.2, 0) is 0 Å². The largest absolute Gasteiger partial charge is 0.319 e. The molecule has 2 heterocycles. The second kappa shape index (κ2) is 3.80. The van der Waals surface area contributed by atoms with Crippen LogP contribution in [0.15, 0.2) is 29.6 Å². The lowest BCUT2D eigenvalue weighted by Crippen LogP contribution is -2.07. The number of hydrogen-bond donors (Lipinski definition) is 1. The van der Waals surface area contributed by atoms with Crippen molar-refractivity contribution < 1.29 is 0 Å². The van der Waals surface area contributed by atoms with Crippen LogP contribution in [0.1, 0.15) is 15.8 Å². The summed E-state index contributed by atoms with van der Waals surface area (Å²) in [5.41, 5.74) is 6.04. The normalized spacial score (nSPS) is 13.1. The van der Waals surface area contributed by atoms with Gasteiger partial charge in [-0.05, 0) is 23.6 Å². The van der Waals surface area contributed by atoms with Crippen molar-refractivity contribution in [2.24, 2.45) is 5.73 Å². The second-order valence-electron chi connectivity index (χ2n) is 2.63. The first kappa shape index (κ1) is 9.21. The third-order valence-corrected chi connectivity index (χ3v) is 4.02. The van der Waals surface area contributed by atoms with Gasteiger partial charge in [0.25, 0.3) is 0 Å². The van der Waals surface area contributed by atoms with E-state index >= 15 is 0 Å². The highest BCUT2D eigenvalue weighted by molar-refractivity contribution is 7.16. The van der Waals surface area contributed by atoms with E-state index in [1.165, 1.54) is 4.88 Å². The van der Waals surface area contributed by atoms with Gasteiger partial charge >= 0.3 is 0 Å². The average Bonchev–Trinajstić information content (AvgIpc) is 2.72. The molecular formula is C9H8ClNS2. The van der Waals surface area contributed by atoms with Gasteiger partial charge in [-0.15, -0.1) is 22.7 Å². The first-order chi connectivity index (χ1) is 6.27. The fourth-order valence-electron chi connectivity index (χ4n) is 1.10. The molecule has 0 spiro atoms. The molecule has 1 nitrogen and oxygen atoms in total. The highest BCUT2D eigenvalue weighted by atomic mass is 35.5. The fraction of sp³-hybridized carbons (Fsp3) is 0.111. The maximum atomic E-state index is 6.04. The predicted molar refractivity (Wildman–Crippen MR) is 59.7 cm³/mol. The molecule has 0 unspecified atom stereocenters. The van der Waals surface area contributed by atoms with Gasteiger partial charge in [0.2, 0.25) is 0 Å². The van der Waals surface area contributed by atoms with E-state index in [2.05, 4.69) is 0 Å². The van der Waals surface area contributed by atoms with Crippen molar-refractivity contribution in [1.82, 2.24) is 0 Å². The van der Waals surface area contributed by atoms with Gasteiger partial charge in [0.05, 0.1) is 10.4 Å². The molecule has 0 saturated carbocycles. The van der Waals surface area contributed by atoms with Crippen LogP contribution in [0.2, 0.25) is 4.34 Å². The first-order valence-electron chi connectivity index (χ1n) is 3.81. The molecule has 4 heteroatoms. The molecular weight excluding hydrogens is 222 g/mol. The molecule has 0 fully saturated rings. The first-order valence-corrected chi connectivity index (χ1v) is 5.89. The molecule has 0 saturated heterocycles. The second-order valence-corrected chi connectivity index (χ2v) is 5.36. The van der Waals surface area contributed by atoms with E-state index in [9.17, 15) is 0 Å². The van der Waals surface area contributed by atoms with Gasteiger partial charge in [-0.1, -0.05) is 17.7 Å². The molecule has 0 bridgehead atoms. The van der Waals surface area contributed by atoms with Crippen LogP contribution < -0.4 is 5.73 Å². The lowest BCUT2D eigenvalue weighted by molar-refractivity contribution is 0.917. The van der Waals surface area contributed by atoms with Gasteiger partial charge in [-0.3, -0.25) is 0 Å². The van der Waals surface area contributed by atoms with E-state index in [0.717, 1.165) is 9.21 Å². The van der Waals surface area contributed by atoms with E-state index in [4.69, 9.17) is 17.3 Å². The summed E-state index contributed by atoms with van der Waals surface area (Å²) in [6.45, 7) is 0. The summed E-state index contributed by atoms with van der Waals surface area (Å²) in [5.74, 6) is 0. The number of thiophene rings is 2. The minimum absolute atomic E-state index is 0.0162. The number of hydrogen-bond acceptors (Lipinski definition) is 3. The van der Waals surface area contributed by atoms with E-state index in [-0.39, 0.29) is 6.04 Å². The summed E-state index contributed by atoms with van der Waals surface area (Å²) in [6.07, 6.45) is 0. The molecule has 2 N–H and O–H groups in total. The Morgan fingerprint density at radius 1 is 1.23 bits per heavy atom. The van der Waals surface area contributed by atoms with Crippen LogP contribution in [0.5, 0.6) is 0 Å². The molecule has 2 rings (SSSR count). The SMILES string of the molecule is N[C@H](c1cccs1)c1ccc(Cl)s1. The Bertz CT molecular complexity index is 380. The highest BCUT2D eigenvalue weighted by Gasteiger charge is 2.11. The van der Waals surface area contributed by atoms with Crippen molar-refractivity contribution in [3.8, 4) is 0 Å². The average molecular weight is 230 g/mol.